The quantitative estimate of drug-likeness (QED) is 0.771. The third-order valence-corrected chi connectivity index (χ3v) is 5.22. The fraction of sp³-hybridized carbons (Fsp3) is 0.571. The highest BCUT2D eigenvalue weighted by Gasteiger charge is 2.27. The summed E-state index contributed by atoms with van der Waals surface area (Å²) in [6, 6.07) is 1.27. The first-order valence-corrected chi connectivity index (χ1v) is 9.22. The molecule has 0 N–H and O–H groups in total. The minimum absolute atomic E-state index is 0.273. The van der Waals surface area contributed by atoms with Crippen molar-refractivity contribution in [3.05, 3.63) is 23.8 Å². The van der Waals surface area contributed by atoms with Crippen LogP contribution < -0.4 is 4.74 Å². The second-order valence-electron chi connectivity index (χ2n) is 5.32. The van der Waals surface area contributed by atoms with Gasteiger partial charge in [-0.15, -0.1) is 0 Å². The smallest absolute Gasteiger partial charge is 0.265 e. The normalized spacial score (nSPS) is 23.0. The van der Waals surface area contributed by atoms with Crippen LogP contribution in [0.5, 0.6) is 5.75 Å². The molecule has 0 amide bonds. The van der Waals surface area contributed by atoms with Crippen molar-refractivity contribution in [3.63, 3.8) is 0 Å². The summed E-state index contributed by atoms with van der Waals surface area (Å²) in [5, 5.41) is 0. The van der Waals surface area contributed by atoms with E-state index in [-0.39, 0.29) is 6.10 Å². The Hall–Kier alpha value is -0.880. The van der Waals surface area contributed by atoms with E-state index in [0.29, 0.717) is 18.1 Å². The van der Waals surface area contributed by atoms with Crippen molar-refractivity contribution in [2.75, 3.05) is 0 Å². The first-order valence-electron chi connectivity index (χ1n) is 6.91. The fourth-order valence-electron chi connectivity index (χ4n) is 2.66. The van der Waals surface area contributed by atoms with Crippen LogP contribution in [0.15, 0.2) is 17.0 Å². The van der Waals surface area contributed by atoms with Gasteiger partial charge in [0.05, 0.1) is 6.10 Å². The molecule has 21 heavy (non-hydrogen) atoms. The summed E-state index contributed by atoms with van der Waals surface area (Å²) in [6.45, 7) is 2.11. The molecular formula is C14H17ClF2O3S. The van der Waals surface area contributed by atoms with E-state index in [1.807, 2.05) is 0 Å². The number of rotatable bonds is 4. The third-order valence-electron chi connectivity index (χ3n) is 3.89. The molecule has 0 radical (unpaired) electrons. The number of halogens is 3. The van der Waals surface area contributed by atoms with Gasteiger partial charge in [-0.1, -0.05) is 13.3 Å². The molecular weight excluding hydrogens is 322 g/mol. The van der Waals surface area contributed by atoms with Gasteiger partial charge in [0.25, 0.3) is 9.05 Å². The lowest BCUT2D eigenvalue weighted by Crippen LogP contribution is -2.25. The van der Waals surface area contributed by atoms with E-state index in [4.69, 9.17) is 15.4 Å². The molecule has 3 nitrogen and oxygen atoms in total. The molecule has 1 fully saturated rings. The topological polar surface area (TPSA) is 43.4 Å². The Labute approximate surface area is 127 Å². The molecule has 1 aromatic carbocycles. The van der Waals surface area contributed by atoms with Gasteiger partial charge in [0.1, 0.15) is 10.7 Å². The lowest BCUT2D eigenvalue weighted by atomic mass is 9.86. The standard InChI is InChI=1S/C14H17ClF2O3S/c1-2-9-3-5-11(6-4-9)20-14-12(17)7-10(16)8-13(14)21(15,18)19/h7-9,11H,2-6H2,1H3. The van der Waals surface area contributed by atoms with Gasteiger partial charge in [0, 0.05) is 16.7 Å². The molecule has 118 valence electrons. The summed E-state index contributed by atoms with van der Waals surface area (Å²) in [4.78, 5) is -0.653. The Kier molecular flexibility index (Phi) is 5.09. The maximum atomic E-state index is 13.9. The van der Waals surface area contributed by atoms with E-state index in [2.05, 4.69) is 6.92 Å². The van der Waals surface area contributed by atoms with Crippen LogP contribution in [-0.2, 0) is 9.05 Å². The van der Waals surface area contributed by atoms with Gasteiger partial charge in [-0.05, 0) is 37.7 Å². The Morgan fingerprint density at radius 1 is 1.24 bits per heavy atom. The van der Waals surface area contributed by atoms with Gasteiger partial charge in [0.2, 0.25) is 0 Å². The predicted molar refractivity (Wildman–Crippen MR) is 76.1 cm³/mol. The van der Waals surface area contributed by atoms with Crippen LogP contribution in [0, 0.1) is 17.6 Å². The zero-order valence-electron chi connectivity index (χ0n) is 11.6. The molecule has 2 rings (SSSR count). The van der Waals surface area contributed by atoms with Crippen molar-refractivity contribution in [2.45, 2.75) is 50.0 Å². The molecule has 0 bridgehead atoms. The average molecular weight is 339 g/mol. The Morgan fingerprint density at radius 3 is 2.38 bits per heavy atom. The van der Waals surface area contributed by atoms with E-state index in [0.717, 1.165) is 32.1 Å². The van der Waals surface area contributed by atoms with Crippen LogP contribution in [0.2, 0.25) is 0 Å². The second kappa shape index (κ2) is 6.48. The van der Waals surface area contributed by atoms with Gasteiger partial charge >= 0.3 is 0 Å². The summed E-state index contributed by atoms with van der Waals surface area (Å²) in [5.74, 6) is -1.91. The summed E-state index contributed by atoms with van der Waals surface area (Å²) in [6.07, 6.45) is 4.15. The van der Waals surface area contributed by atoms with Crippen molar-refractivity contribution in [1.29, 1.82) is 0 Å². The number of ether oxygens (including phenoxy) is 1. The van der Waals surface area contributed by atoms with Gasteiger partial charge in [-0.3, -0.25) is 0 Å². The predicted octanol–water partition coefficient (Wildman–Crippen LogP) is 4.24. The highest BCUT2D eigenvalue weighted by Crippen LogP contribution is 2.35. The number of hydrogen-bond acceptors (Lipinski definition) is 3. The highest BCUT2D eigenvalue weighted by atomic mass is 35.7. The average Bonchev–Trinajstić information content (AvgIpc) is 2.41. The van der Waals surface area contributed by atoms with E-state index in [1.165, 1.54) is 0 Å². The van der Waals surface area contributed by atoms with Crippen molar-refractivity contribution < 1.29 is 21.9 Å². The van der Waals surface area contributed by atoms with Crippen molar-refractivity contribution in [1.82, 2.24) is 0 Å². The van der Waals surface area contributed by atoms with Gasteiger partial charge in [-0.25, -0.2) is 17.2 Å². The monoisotopic (exact) mass is 338 g/mol. The maximum Gasteiger partial charge on any atom is 0.265 e. The van der Waals surface area contributed by atoms with Crippen LogP contribution in [0.1, 0.15) is 39.0 Å². The molecule has 0 atom stereocenters. The van der Waals surface area contributed by atoms with Crippen LogP contribution in [0.25, 0.3) is 0 Å². The summed E-state index contributed by atoms with van der Waals surface area (Å²) >= 11 is 0. The van der Waals surface area contributed by atoms with Crippen LogP contribution in [0.3, 0.4) is 0 Å². The van der Waals surface area contributed by atoms with Crippen LogP contribution >= 0.6 is 10.7 Å². The highest BCUT2D eigenvalue weighted by molar-refractivity contribution is 8.13. The van der Waals surface area contributed by atoms with Crippen molar-refractivity contribution >= 4 is 19.7 Å². The molecule has 1 aliphatic rings. The zero-order chi connectivity index (χ0) is 15.6. The minimum Gasteiger partial charge on any atom is -0.486 e. The molecule has 1 aliphatic carbocycles. The largest absolute Gasteiger partial charge is 0.486 e. The Bertz CT molecular complexity index is 611. The maximum absolute atomic E-state index is 13.9. The summed E-state index contributed by atoms with van der Waals surface area (Å²) in [7, 11) is 0.952. The molecule has 0 saturated heterocycles. The van der Waals surface area contributed by atoms with E-state index < -0.39 is 31.3 Å². The first-order chi connectivity index (χ1) is 9.81. The Balaban J connectivity index is 2.24. The van der Waals surface area contributed by atoms with E-state index in [9.17, 15) is 17.2 Å². The molecule has 0 spiro atoms. The summed E-state index contributed by atoms with van der Waals surface area (Å²) < 4.78 is 55.4. The van der Waals surface area contributed by atoms with Crippen LogP contribution in [0.4, 0.5) is 8.78 Å². The Morgan fingerprint density at radius 2 is 1.86 bits per heavy atom. The minimum atomic E-state index is -4.28. The van der Waals surface area contributed by atoms with Gasteiger partial charge < -0.3 is 4.74 Å². The lowest BCUT2D eigenvalue weighted by Gasteiger charge is -2.28. The number of hydrogen-bond donors (Lipinski definition) is 0. The van der Waals surface area contributed by atoms with E-state index in [1.54, 1.807) is 0 Å². The van der Waals surface area contributed by atoms with Gasteiger partial charge in [0.15, 0.2) is 11.6 Å². The van der Waals surface area contributed by atoms with E-state index >= 15 is 0 Å². The fourth-order valence-corrected chi connectivity index (χ4v) is 3.62. The van der Waals surface area contributed by atoms with Gasteiger partial charge in [-0.2, -0.15) is 0 Å². The summed E-state index contributed by atoms with van der Waals surface area (Å²) in [5.41, 5.74) is 0. The molecule has 0 aliphatic heterocycles. The SMILES string of the molecule is CCC1CCC(Oc2c(F)cc(F)cc2S(=O)(=O)Cl)CC1. The van der Waals surface area contributed by atoms with Crippen molar-refractivity contribution in [3.8, 4) is 5.75 Å². The van der Waals surface area contributed by atoms with Crippen LogP contribution in [-0.4, -0.2) is 14.5 Å². The molecule has 1 saturated carbocycles. The third kappa shape index (κ3) is 4.07. The molecule has 0 aromatic heterocycles. The lowest BCUT2D eigenvalue weighted by molar-refractivity contribution is 0.121. The molecule has 7 heteroatoms. The first kappa shape index (κ1) is 16.5. The molecule has 0 unspecified atom stereocenters. The van der Waals surface area contributed by atoms with Crippen molar-refractivity contribution in [2.24, 2.45) is 5.92 Å². The second-order valence-corrected chi connectivity index (χ2v) is 7.86. The number of benzene rings is 1. The zero-order valence-corrected chi connectivity index (χ0v) is 13.2. The molecule has 1 aromatic rings. The molecule has 0 heterocycles.